The summed E-state index contributed by atoms with van der Waals surface area (Å²) in [4.78, 5) is 5.22. The number of fused-ring (bicyclic) bond motifs is 8. The highest BCUT2D eigenvalue weighted by molar-refractivity contribution is 8.00. The number of benzene rings is 12. The second kappa shape index (κ2) is 20.3. The Balaban J connectivity index is 1.09. The number of rotatable bonds is 7. The summed E-state index contributed by atoms with van der Waals surface area (Å²) in [6, 6.07) is 97.1. The fraction of sp³-hybridized carbons (Fsp3) is 0.146. The molecule has 0 unspecified atom stereocenters. The first-order valence-corrected chi connectivity index (χ1v) is 31.3. The molecule has 12 aromatic carbocycles. The van der Waals surface area contributed by atoms with Crippen LogP contribution < -0.4 is 21.3 Å². The van der Waals surface area contributed by atoms with E-state index in [1.807, 2.05) is 11.8 Å². The molecule has 0 saturated heterocycles. The molecule has 416 valence electrons. The SMILES string of the molecule is CC(C)(C)c1ccc(-c2cc3c4c(c2)N(c2ccc5ccccc5c2-c2ccccc2)c2cc(-c5ccccc5)c(-c5ccccc5)cc2B4c2cc(-n4c5ccc(C(C)(C)C)cc5c5cc(C(C)(C)C)ccc54)cc(-c4ccccc4)c2S3)cc1. The van der Waals surface area contributed by atoms with E-state index in [4.69, 9.17) is 0 Å². The third-order valence-electron chi connectivity index (χ3n) is 18.3. The topological polar surface area (TPSA) is 8.17 Å². The molecule has 2 nitrogen and oxygen atoms in total. The van der Waals surface area contributed by atoms with Gasteiger partial charge >= 0.3 is 0 Å². The van der Waals surface area contributed by atoms with Gasteiger partial charge in [-0.2, -0.15) is 0 Å². The molecule has 0 saturated carbocycles. The van der Waals surface area contributed by atoms with Gasteiger partial charge in [-0.1, -0.05) is 274 Å². The van der Waals surface area contributed by atoms with Crippen molar-refractivity contribution in [1.82, 2.24) is 4.57 Å². The molecular formula is C82H69BN2S. The lowest BCUT2D eigenvalue weighted by atomic mass is 9.34. The maximum atomic E-state index is 2.66. The molecule has 3 heterocycles. The van der Waals surface area contributed by atoms with Crippen molar-refractivity contribution in [3.8, 4) is 61.3 Å². The van der Waals surface area contributed by atoms with Crippen molar-refractivity contribution in [2.75, 3.05) is 4.90 Å². The van der Waals surface area contributed by atoms with Crippen molar-refractivity contribution in [2.45, 2.75) is 88.3 Å². The molecule has 0 atom stereocenters. The minimum atomic E-state index is -0.164. The number of hydrogen-bond donors (Lipinski definition) is 0. The largest absolute Gasteiger partial charge is 0.311 e. The molecule has 13 aromatic rings. The van der Waals surface area contributed by atoms with Crippen LogP contribution in [0, 0.1) is 0 Å². The molecule has 0 fully saturated rings. The fourth-order valence-electron chi connectivity index (χ4n) is 13.7. The quantitative estimate of drug-likeness (QED) is 0.147. The average Bonchev–Trinajstić information content (AvgIpc) is 0.762. The molecule has 0 N–H and O–H groups in total. The van der Waals surface area contributed by atoms with Crippen molar-refractivity contribution in [3.05, 3.63) is 271 Å². The van der Waals surface area contributed by atoms with E-state index in [1.165, 1.54) is 142 Å². The van der Waals surface area contributed by atoms with Gasteiger partial charge in [0.25, 0.3) is 0 Å². The van der Waals surface area contributed by atoms with E-state index in [0.29, 0.717) is 0 Å². The summed E-state index contributed by atoms with van der Waals surface area (Å²) in [6.07, 6.45) is 0. The molecule has 0 amide bonds. The molecule has 2 aliphatic rings. The smallest absolute Gasteiger partial charge is 0.249 e. The molecule has 0 radical (unpaired) electrons. The predicted octanol–water partition coefficient (Wildman–Crippen LogP) is 20.9. The number of anilines is 3. The van der Waals surface area contributed by atoms with Crippen LogP contribution in [-0.2, 0) is 16.2 Å². The number of aromatic nitrogens is 1. The van der Waals surface area contributed by atoms with Crippen LogP contribution in [0.1, 0.15) is 79.0 Å². The van der Waals surface area contributed by atoms with Crippen molar-refractivity contribution in [1.29, 1.82) is 0 Å². The van der Waals surface area contributed by atoms with Gasteiger partial charge in [-0.15, -0.1) is 0 Å². The van der Waals surface area contributed by atoms with E-state index in [9.17, 15) is 0 Å². The summed E-state index contributed by atoms with van der Waals surface area (Å²) in [5.74, 6) is 0. The lowest BCUT2D eigenvalue weighted by Crippen LogP contribution is -2.60. The van der Waals surface area contributed by atoms with Gasteiger partial charge in [0.2, 0.25) is 6.71 Å². The molecule has 2 aliphatic heterocycles. The Bertz CT molecular complexity index is 4740. The first-order valence-electron chi connectivity index (χ1n) is 30.5. The van der Waals surface area contributed by atoms with Gasteiger partial charge in [-0.05, 0) is 165 Å². The van der Waals surface area contributed by atoms with Crippen LogP contribution in [0.4, 0.5) is 17.1 Å². The average molecular weight is 1130 g/mol. The van der Waals surface area contributed by atoms with Crippen LogP contribution in [-0.4, -0.2) is 11.3 Å². The third kappa shape index (κ3) is 9.03. The Morgan fingerprint density at radius 1 is 0.337 bits per heavy atom. The van der Waals surface area contributed by atoms with Gasteiger partial charge in [-0.3, -0.25) is 0 Å². The maximum Gasteiger partial charge on any atom is 0.249 e. The number of hydrogen-bond acceptors (Lipinski definition) is 2. The molecule has 0 spiro atoms. The lowest BCUT2D eigenvalue weighted by Gasteiger charge is -2.42. The van der Waals surface area contributed by atoms with Gasteiger partial charge in [0, 0.05) is 43.2 Å². The van der Waals surface area contributed by atoms with Crippen molar-refractivity contribution >= 4 is 84.5 Å². The van der Waals surface area contributed by atoms with E-state index in [1.54, 1.807) is 0 Å². The molecule has 0 bridgehead atoms. The van der Waals surface area contributed by atoms with Crippen LogP contribution >= 0.6 is 11.8 Å². The summed E-state index contributed by atoms with van der Waals surface area (Å²) in [6.45, 7) is 20.7. The highest BCUT2D eigenvalue weighted by Crippen LogP contribution is 2.52. The standard InChI is InChI=1S/C82H69BN2S/c1-80(2,3)59-37-34-52(35-38-59)58-44-75-78-76(45-58)86-79-66(55-28-18-12-19-29-55)48-62(84-71-42-39-60(81(4,5)6)46-67(71)68-47-61(82(7,8)9)40-43-72(68)84)49-70(79)83(78)69-50-64(53-24-14-10-15-25-53)65(54-26-16-11-17-27-54)51-74(69)85(75)73-41-36-56-30-22-23-33-63(56)77(73)57-31-20-13-21-32-57/h10-51H,1-9H3. The monoisotopic (exact) mass is 1120 g/mol. The highest BCUT2D eigenvalue weighted by Gasteiger charge is 2.44. The summed E-state index contributed by atoms with van der Waals surface area (Å²) < 4.78 is 2.58. The van der Waals surface area contributed by atoms with Gasteiger partial charge in [0.15, 0.2) is 0 Å². The Morgan fingerprint density at radius 2 is 0.849 bits per heavy atom. The van der Waals surface area contributed by atoms with E-state index in [-0.39, 0.29) is 23.0 Å². The van der Waals surface area contributed by atoms with Crippen LogP contribution in [0.25, 0.3) is 93.9 Å². The van der Waals surface area contributed by atoms with Crippen molar-refractivity contribution in [2.24, 2.45) is 0 Å². The Morgan fingerprint density at radius 3 is 1.42 bits per heavy atom. The minimum absolute atomic E-state index is 0.0172. The van der Waals surface area contributed by atoms with Crippen molar-refractivity contribution < 1.29 is 0 Å². The first kappa shape index (κ1) is 53.6. The van der Waals surface area contributed by atoms with Crippen molar-refractivity contribution in [3.63, 3.8) is 0 Å². The third-order valence-corrected chi connectivity index (χ3v) is 19.5. The van der Waals surface area contributed by atoms with E-state index in [2.05, 4.69) is 327 Å². The van der Waals surface area contributed by atoms with Crippen LogP contribution in [0.2, 0.25) is 0 Å². The molecule has 86 heavy (non-hydrogen) atoms. The molecule has 1 aromatic heterocycles. The van der Waals surface area contributed by atoms with E-state index >= 15 is 0 Å². The predicted molar refractivity (Wildman–Crippen MR) is 371 cm³/mol. The summed E-state index contributed by atoms with van der Waals surface area (Å²) in [5, 5.41) is 5.00. The normalized spacial score (nSPS) is 13.1. The zero-order valence-electron chi connectivity index (χ0n) is 50.6. The van der Waals surface area contributed by atoms with Gasteiger partial charge in [0.1, 0.15) is 0 Å². The first-order chi connectivity index (χ1) is 41.5. The fourth-order valence-corrected chi connectivity index (χ4v) is 15.1. The zero-order chi connectivity index (χ0) is 58.8. The second-order valence-corrected chi connectivity index (χ2v) is 28.0. The summed E-state index contributed by atoms with van der Waals surface area (Å²) in [7, 11) is 0. The minimum Gasteiger partial charge on any atom is -0.311 e. The van der Waals surface area contributed by atoms with Gasteiger partial charge in [0.05, 0.1) is 16.7 Å². The molecule has 4 heteroatoms. The Hall–Kier alpha value is -9.09. The molecule has 15 rings (SSSR count). The zero-order valence-corrected chi connectivity index (χ0v) is 51.4. The summed E-state index contributed by atoms with van der Waals surface area (Å²) >= 11 is 1.95. The second-order valence-electron chi connectivity index (χ2n) is 26.9. The number of nitrogens with zero attached hydrogens (tertiary/aromatic N) is 2. The van der Waals surface area contributed by atoms with Gasteiger partial charge in [-0.25, -0.2) is 0 Å². The molecule has 0 aliphatic carbocycles. The van der Waals surface area contributed by atoms with Gasteiger partial charge < -0.3 is 9.47 Å². The Kier molecular flexibility index (Phi) is 12.7. The Labute approximate surface area is 511 Å². The van der Waals surface area contributed by atoms with Crippen LogP contribution in [0.15, 0.2) is 265 Å². The maximum absolute atomic E-state index is 2.66. The van der Waals surface area contributed by atoms with Crippen LogP contribution in [0.5, 0.6) is 0 Å². The van der Waals surface area contributed by atoms with Crippen LogP contribution in [0.3, 0.4) is 0 Å². The summed E-state index contributed by atoms with van der Waals surface area (Å²) in [5.41, 5.74) is 27.0. The highest BCUT2D eigenvalue weighted by atomic mass is 32.2. The lowest BCUT2D eigenvalue weighted by molar-refractivity contribution is 0.590. The van der Waals surface area contributed by atoms with E-state index < -0.39 is 0 Å². The van der Waals surface area contributed by atoms with E-state index in [0.717, 1.165) is 11.4 Å². The molecular weight excluding hydrogens is 1060 g/mol.